The van der Waals surface area contributed by atoms with Gasteiger partial charge in [-0.1, -0.05) is 6.92 Å². The summed E-state index contributed by atoms with van der Waals surface area (Å²) in [4.78, 5) is 0.172. The Morgan fingerprint density at radius 2 is 2.06 bits per heavy atom. The van der Waals surface area contributed by atoms with Crippen molar-refractivity contribution in [3.8, 4) is 0 Å². The van der Waals surface area contributed by atoms with Gasteiger partial charge in [0.25, 0.3) is 0 Å². The lowest BCUT2D eigenvalue weighted by Crippen LogP contribution is -2.29. The van der Waals surface area contributed by atoms with Crippen molar-refractivity contribution in [2.24, 2.45) is 5.73 Å². The molecule has 1 aromatic carbocycles. The van der Waals surface area contributed by atoms with Crippen molar-refractivity contribution in [2.75, 3.05) is 6.54 Å². The van der Waals surface area contributed by atoms with E-state index in [2.05, 4.69) is 0 Å². The summed E-state index contributed by atoms with van der Waals surface area (Å²) in [5.41, 5.74) is 5.86. The van der Waals surface area contributed by atoms with Crippen LogP contribution in [0.2, 0.25) is 0 Å². The maximum absolute atomic E-state index is 12.9. The molecule has 1 aromatic rings. The van der Waals surface area contributed by atoms with Gasteiger partial charge in [0.05, 0.1) is 10.1 Å². The summed E-state index contributed by atoms with van der Waals surface area (Å²) in [6.45, 7) is 3.43. The van der Waals surface area contributed by atoms with Gasteiger partial charge in [0.2, 0.25) is 0 Å². The Balaban J connectivity index is 3.27. The van der Waals surface area contributed by atoms with Crippen molar-refractivity contribution in [3.05, 3.63) is 29.6 Å². The van der Waals surface area contributed by atoms with Crippen LogP contribution in [-0.4, -0.2) is 20.2 Å². The largest absolute Gasteiger partial charge is 0.329 e. The molecular weight excluding hydrogens is 229 g/mol. The Labute approximate surface area is 95.4 Å². The smallest absolute Gasteiger partial charge is 0.182 e. The maximum atomic E-state index is 12.9. The normalized spacial score (nSPS) is 13.8. The molecule has 0 saturated carbocycles. The Morgan fingerprint density at radius 3 is 2.50 bits per heavy atom. The van der Waals surface area contributed by atoms with E-state index in [-0.39, 0.29) is 11.4 Å². The van der Waals surface area contributed by atoms with Crippen LogP contribution in [0.1, 0.15) is 18.9 Å². The minimum Gasteiger partial charge on any atom is -0.329 e. The molecule has 0 saturated heterocycles. The molecule has 0 aliphatic rings. The third-order valence-corrected chi connectivity index (χ3v) is 5.08. The second-order valence-electron chi connectivity index (χ2n) is 3.72. The molecule has 0 aromatic heterocycles. The second kappa shape index (κ2) is 4.93. The quantitative estimate of drug-likeness (QED) is 0.820. The first-order chi connectivity index (χ1) is 7.43. The summed E-state index contributed by atoms with van der Waals surface area (Å²) in [6, 6.07) is 3.68. The zero-order valence-electron chi connectivity index (χ0n) is 9.40. The van der Waals surface area contributed by atoms with E-state index in [1.165, 1.54) is 12.1 Å². The van der Waals surface area contributed by atoms with Gasteiger partial charge in [-0.2, -0.15) is 0 Å². The Kier molecular flexibility index (Phi) is 4.04. The highest BCUT2D eigenvalue weighted by Gasteiger charge is 2.26. The van der Waals surface area contributed by atoms with E-state index in [9.17, 15) is 12.8 Å². The third kappa shape index (κ3) is 2.41. The molecule has 0 amide bonds. The molecule has 1 atom stereocenters. The standard InChI is InChI=1S/C11H16FNO2S/c1-3-10(7-13)16(14,15)11-5-4-9(12)6-8(11)2/h4-6,10H,3,7,13H2,1-2H3. The van der Waals surface area contributed by atoms with Gasteiger partial charge in [-0.15, -0.1) is 0 Å². The topological polar surface area (TPSA) is 60.2 Å². The van der Waals surface area contributed by atoms with Crippen LogP contribution in [0.15, 0.2) is 23.1 Å². The first kappa shape index (κ1) is 13.1. The van der Waals surface area contributed by atoms with Crippen LogP contribution in [-0.2, 0) is 9.84 Å². The molecule has 0 aliphatic carbocycles. The molecular formula is C11H16FNO2S. The van der Waals surface area contributed by atoms with E-state index in [0.717, 1.165) is 6.07 Å². The van der Waals surface area contributed by atoms with E-state index < -0.39 is 20.9 Å². The molecule has 0 heterocycles. The van der Waals surface area contributed by atoms with Gasteiger partial charge in [-0.05, 0) is 37.1 Å². The van der Waals surface area contributed by atoms with Crippen LogP contribution >= 0.6 is 0 Å². The average molecular weight is 245 g/mol. The predicted octanol–water partition coefficient (Wildman–Crippen LogP) is 1.65. The Morgan fingerprint density at radius 1 is 1.44 bits per heavy atom. The molecule has 90 valence electrons. The van der Waals surface area contributed by atoms with Crippen molar-refractivity contribution < 1.29 is 12.8 Å². The fourth-order valence-electron chi connectivity index (χ4n) is 1.62. The van der Waals surface area contributed by atoms with Gasteiger partial charge in [0.15, 0.2) is 9.84 Å². The predicted molar refractivity (Wildman–Crippen MR) is 61.5 cm³/mol. The molecule has 2 N–H and O–H groups in total. The summed E-state index contributed by atoms with van der Waals surface area (Å²) >= 11 is 0. The number of nitrogens with two attached hydrogens (primary N) is 1. The maximum Gasteiger partial charge on any atom is 0.182 e. The molecule has 0 bridgehead atoms. The van der Waals surface area contributed by atoms with Crippen molar-refractivity contribution in [1.82, 2.24) is 0 Å². The first-order valence-corrected chi connectivity index (χ1v) is 6.68. The van der Waals surface area contributed by atoms with Gasteiger partial charge >= 0.3 is 0 Å². The van der Waals surface area contributed by atoms with Gasteiger partial charge in [0.1, 0.15) is 5.82 Å². The highest BCUT2D eigenvalue weighted by atomic mass is 32.2. The number of rotatable bonds is 4. The SMILES string of the molecule is CCC(CN)S(=O)(=O)c1ccc(F)cc1C. The molecule has 3 nitrogen and oxygen atoms in total. The lowest BCUT2D eigenvalue weighted by Gasteiger charge is -2.15. The minimum absolute atomic E-state index is 0.0790. The number of sulfone groups is 1. The summed E-state index contributed by atoms with van der Waals surface area (Å²) in [5.74, 6) is -0.433. The summed E-state index contributed by atoms with van der Waals surface area (Å²) < 4.78 is 37.1. The van der Waals surface area contributed by atoms with Gasteiger partial charge in [-0.25, -0.2) is 12.8 Å². The minimum atomic E-state index is -3.44. The van der Waals surface area contributed by atoms with Crippen molar-refractivity contribution in [2.45, 2.75) is 30.4 Å². The molecule has 5 heteroatoms. The average Bonchev–Trinajstić information content (AvgIpc) is 2.18. The molecule has 0 aliphatic heterocycles. The second-order valence-corrected chi connectivity index (χ2v) is 5.92. The van der Waals surface area contributed by atoms with Crippen molar-refractivity contribution >= 4 is 9.84 Å². The van der Waals surface area contributed by atoms with Crippen LogP contribution in [0, 0.1) is 12.7 Å². The highest BCUT2D eigenvalue weighted by molar-refractivity contribution is 7.92. The lowest BCUT2D eigenvalue weighted by molar-refractivity contribution is 0.574. The van der Waals surface area contributed by atoms with Crippen LogP contribution in [0.25, 0.3) is 0 Å². The zero-order chi connectivity index (χ0) is 12.3. The van der Waals surface area contributed by atoms with E-state index in [4.69, 9.17) is 5.73 Å². The van der Waals surface area contributed by atoms with E-state index in [1.54, 1.807) is 13.8 Å². The fourth-order valence-corrected chi connectivity index (χ4v) is 3.44. The first-order valence-electron chi connectivity index (χ1n) is 5.13. The van der Waals surface area contributed by atoms with Crippen molar-refractivity contribution in [3.63, 3.8) is 0 Å². The molecule has 1 unspecified atom stereocenters. The summed E-state index contributed by atoms with van der Waals surface area (Å²) in [6.07, 6.45) is 0.454. The van der Waals surface area contributed by atoms with E-state index >= 15 is 0 Å². The Hall–Kier alpha value is -0.940. The fraction of sp³-hybridized carbons (Fsp3) is 0.455. The van der Waals surface area contributed by atoms with Crippen LogP contribution < -0.4 is 5.73 Å². The summed E-state index contributed by atoms with van der Waals surface area (Å²) in [5, 5.41) is -0.600. The van der Waals surface area contributed by atoms with E-state index in [0.29, 0.717) is 12.0 Å². The highest BCUT2D eigenvalue weighted by Crippen LogP contribution is 2.22. The monoisotopic (exact) mass is 245 g/mol. The number of halogens is 1. The molecule has 16 heavy (non-hydrogen) atoms. The van der Waals surface area contributed by atoms with Crippen LogP contribution in [0.5, 0.6) is 0 Å². The van der Waals surface area contributed by atoms with Gasteiger partial charge in [0, 0.05) is 6.54 Å². The molecule has 0 spiro atoms. The summed E-state index contributed by atoms with van der Waals surface area (Å²) in [7, 11) is -3.44. The number of hydrogen-bond acceptors (Lipinski definition) is 3. The lowest BCUT2D eigenvalue weighted by atomic mass is 10.2. The number of benzene rings is 1. The number of hydrogen-bond donors (Lipinski definition) is 1. The third-order valence-electron chi connectivity index (χ3n) is 2.60. The van der Waals surface area contributed by atoms with Crippen LogP contribution in [0.4, 0.5) is 4.39 Å². The molecule has 1 rings (SSSR count). The van der Waals surface area contributed by atoms with E-state index in [1.807, 2.05) is 0 Å². The van der Waals surface area contributed by atoms with Crippen LogP contribution in [0.3, 0.4) is 0 Å². The van der Waals surface area contributed by atoms with Gasteiger partial charge < -0.3 is 5.73 Å². The Bertz CT molecular complexity index is 467. The van der Waals surface area contributed by atoms with Crippen molar-refractivity contribution in [1.29, 1.82) is 0 Å². The molecule has 0 radical (unpaired) electrons. The molecule has 0 fully saturated rings. The number of aryl methyl sites for hydroxylation is 1. The zero-order valence-corrected chi connectivity index (χ0v) is 10.2. The van der Waals surface area contributed by atoms with Gasteiger partial charge in [-0.3, -0.25) is 0 Å².